The van der Waals surface area contributed by atoms with E-state index in [0.717, 1.165) is 24.0 Å². The Balaban J connectivity index is 1.53. The lowest BCUT2D eigenvalue weighted by atomic mass is 9.95. The molecule has 1 aromatic heterocycles. The first-order valence-corrected chi connectivity index (χ1v) is 15.3. The van der Waals surface area contributed by atoms with E-state index in [1.807, 2.05) is 61.5 Å². The Kier molecular flexibility index (Phi) is 9.07. The summed E-state index contributed by atoms with van der Waals surface area (Å²) in [5.74, 6) is -0.538. The topological polar surface area (TPSA) is 92.6 Å². The number of halogens is 1. The zero-order valence-corrected chi connectivity index (χ0v) is 24.9. The number of aliphatic hydroxyl groups is 1. The second-order valence-electron chi connectivity index (χ2n) is 9.58. The number of anilines is 1. The highest BCUT2D eigenvalue weighted by Gasteiger charge is 2.48. The average Bonchev–Trinajstić information content (AvgIpc) is 3.55. The molecule has 0 saturated carbocycles. The van der Waals surface area contributed by atoms with Crippen LogP contribution in [0.5, 0.6) is 5.75 Å². The van der Waals surface area contributed by atoms with Gasteiger partial charge in [-0.2, -0.15) is 0 Å². The van der Waals surface area contributed by atoms with Crippen LogP contribution in [0, 0.1) is 6.92 Å². The van der Waals surface area contributed by atoms with Gasteiger partial charge in [-0.05, 0) is 48.7 Å². The van der Waals surface area contributed by atoms with Crippen LogP contribution in [0.4, 0.5) is 5.13 Å². The van der Waals surface area contributed by atoms with Gasteiger partial charge in [0.2, 0.25) is 5.13 Å². The molecule has 1 aliphatic heterocycles. The lowest BCUT2D eigenvalue weighted by Crippen LogP contribution is -2.29. The number of carbonyl (C=O) groups excluding carboxylic acids is 2. The fourth-order valence-electron chi connectivity index (χ4n) is 4.40. The normalized spacial score (nSPS) is 16.4. The van der Waals surface area contributed by atoms with Gasteiger partial charge in [0, 0.05) is 16.3 Å². The van der Waals surface area contributed by atoms with Crippen molar-refractivity contribution in [3.8, 4) is 5.75 Å². The second-order valence-corrected chi connectivity index (χ2v) is 12.2. The molecule has 1 aliphatic rings. The van der Waals surface area contributed by atoms with E-state index in [1.165, 1.54) is 28.0 Å². The third kappa shape index (κ3) is 6.48. The van der Waals surface area contributed by atoms with E-state index < -0.39 is 17.7 Å². The molecule has 0 aliphatic carbocycles. The van der Waals surface area contributed by atoms with E-state index >= 15 is 0 Å². The van der Waals surface area contributed by atoms with Gasteiger partial charge in [-0.25, -0.2) is 0 Å². The first-order chi connectivity index (χ1) is 19.9. The quantitative estimate of drug-likeness (QED) is 0.0497. The first-order valence-electron chi connectivity index (χ1n) is 13.2. The number of rotatable bonds is 10. The Bertz CT molecular complexity index is 1590. The number of nitrogens with zero attached hydrogens (tertiary/aromatic N) is 3. The fourth-order valence-corrected chi connectivity index (χ4v) is 6.35. The number of ether oxygens (including phenoxy) is 1. The number of aromatic nitrogens is 2. The number of aliphatic hydroxyl groups excluding tert-OH is 1. The lowest BCUT2D eigenvalue weighted by molar-refractivity contribution is -0.132. The van der Waals surface area contributed by atoms with E-state index in [2.05, 4.69) is 17.1 Å². The second kappa shape index (κ2) is 12.9. The number of hydrogen-bond acceptors (Lipinski definition) is 8. The van der Waals surface area contributed by atoms with Crippen molar-refractivity contribution in [1.29, 1.82) is 0 Å². The number of unbranched alkanes of at least 4 members (excludes halogenated alkanes) is 1. The predicted molar refractivity (Wildman–Crippen MR) is 164 cm³/mol. The van der Waals surface area contributed by atoms with Crippen LogP contribution in [-0.4, -0.2) is 33.6 Å². The fraction of sp³-hybridized carbons (Fsp3) is 0.226. The molecule has 1 saturated heterocycles. The first kappa shape index (κ1) is 28.9. The smallest absolute Gasteiger partial charge is 0.301 e. The maximum absolute atomic E-state index is 13.5. The van der Waals surface area contributed by atoms with Gasteiger partial charge in [-0.1, -0.05) is 102 Å². The summed E-state index contributed by atoms with van der Waals surface area (Å²) in [5, 5.41) is 20.9. The highest BCUT2D eigenvalue weighted by Crippen LogP contribution is 2.44. The molecule has 3 aromatic carbocycles. The molecule has 10 heteroatoms. The SMILES string of the molecule is CCCCOc1cccc(C2/C(=C(\O)c3ccc(C)cc3)C(=O)C(=O)N2c2nnc(SCc3ccc(Cl)cc3)s2)c1. The molecule has 5 rings (SSSR count). The number of ketones is 1. The molecule has 0 bridgehead atoms. The molecule has 0 spiro atoms. The highest BCUT2D eigenvalue weighted by molar-refractivity contribution is 8.00. The minimum absolute atomic E-state index is 0.00451. The highest BCUT2D eigenvalue weighted by atomic mass is 35.5. The summed E-state index contributed by atoms with van der Waals surface area (Å²) in [6.45, 7) is 4.57. The van der Waals surface area contributed by atoms with Gasteiger partial charge in [0.15, 0.2) is 4.34 Å². The number of benzene rings is 3. The van der Waals surface area contributed by atoms with Crippen LogP contribution >= 0.6 is 34.7 Å². The summed E-state index contributed by atoms with van der Waals surface area (Å²) >= 11 is 8.69. The summed E-state index contributed by atoms with van der Waals surface area (Å²) in [5.41, 5.74) is 3.14. The molecule has 1 fully saturated rings. The van der Waals surface area contributed by atoms with Gasteiger partial charge in [0.25, 0.3) is 5.78 Å². The Morgan fingerprint density at radius 3 is 2.56 bits per heavy atom. The van der Waals surface area contributed by atoms with Gasteiger partial charge in [-0.3, -0.25) is 14.5 Å². The van der Waals surface area contributed by atoms with Crippen molar-refractivity contribution in [3.05, 3.63) is 106 Å². The summed E-state index contributed by atoms with van der Waals surface area (Å²) in [6, 6.07) is 21.1. The molecule has 1 N–H and O–H groups in total. The number of carbonyl (C=O) groups is 2. The van der Waals surface area contributed by atoms with E-state index in [9.17, 15) is 14.7 Å². The molecule has 2 heterocycles. The number of thioether (sulfide) groups is 1. The average molecular weight is 606 g/mol. The molecular formula is C31H28ClN3O4S2. The van der Waals surface area contributed by atoms with Gasteiger partial charge in [-0.15, -0.1) is 10.2 Å². The van der Waals surface area contributed by atoms with Crippen molar-refractivity contribution in [3.63, 3.8) is 0 Å². The van der Waals surface area contributed by atoms with Crippen molar-refractivity contribution < 1.29 is 19.4 Å². The molecule has 7 nitrogen and oxygen atoms in total. The Hall–Kier alpha value is -3.66. The summed E-state index contributed by atoms with van der Waals surface area (Å²) in [7, 11) is 0. The third-order valence-electron chi connectivity index (χ3n) is 6.59. The Morgan fingerprint density at radius 2 is 1.83 bits per heavy atom. The Morgan fingerprint density at radius 1 is 1.07 bits per heavy atom. The van der Waals surface area contributed by atoms with Gasteiger partial charge in [0.1, 0.15) is 11.5 Å². The van der Waals surface area contributed by atoms with E-state index in [-0.39, 0.29) is 16.5 Å². The number of amides is 1. The summed E-state index contributed by atoms with van der Waals surface area (Å²) < 4.78 is 6.56. The monoisotopic (exact) mass is 605 g/mol. The molecule has 1 amide bonds. The van der Waals surface area contributed by atoms with E-state index in [0.29, 0.717) is 38.6 Å². The standard InChI is InChI=1S/C31H28ClN3O4S2/c1-3-4-16-39-24-7-5-6-22(17-24)26-25(27(36)21-12-8-19(2)9-13-21)28(37)29(38)35(26)30-33-34-31(41-30)40-18-20-10-14-23(32)15-11-20/h5-15,17,26,36H,3-4,16,18H2,1-2H3/b27-25+. The van der Waals surface area contributed by atoms with Crippen molar-refractivity contribution >= 4 is 57.3 Å². The molecular weight excluding hydrogens is 578 g/mol. The number of hydrogen-bond donors (Lipinski definition) is 1. The maximum atomic E-state index is 13.5. The third-order valence-corrected chi connectivity index (χ3v) is 8.97. The van der Waals surface area contributed by atoms with Crippen LogP contribution in [0.3, 0.4) is 0 Å². The van der Waals surface area contributed by atoms with Crippen molar-refractivity contribution in [1.82, 2.24) is 10.2 Å². The predicted octanol–water partition coefficient (Wildman–Crippen LogP) is 7.60. The molecule has 1 unspecified atom stereocenters. The molecule has 0 radical (unpaired) electrons. The van der Waals surface area contributed by atoms with Crippen LogP contribution in [0.2, 0.25) is 5.02 Å². The van der Waals surface area contributed by atoms with E-state index in [4.69, 9.17) is 16.3 Å². The lowest BCUT2D eigenvalue weighted by Gasteiger charge is -2.23. The van der Waals surface area contributed by atoms with Crippen LogP contribution in [0.25, 0.3) is 5.76 Å². The zero-order chi connectivity index (χ0) is 28.9. The van der Waals surface area contributed by atoms with Crippen LogP contribution in [-0.2, 0) is 15.3 Å². The Labute approximate surface area is 251 Å². The minimum atomic E-state index is -0.909. The summed E-state index contributed by atoms with van der Waals surface area (Å²) in [4.78, 5) is 28.4. The molecule has 41 heavy (non-hydrogen) atoms. The largest absolute Gasteiger partial charge is 0.507 e. The van der Waals surface area contributed by atoms with Gasteiger partial charge < -0.3 is 9.84 Å². The minimum Gasteiger partial charge on any atom is -0.507 e. The van der Waals surface area contributed by atoms with Crippen LogP contribution in [0.1, 0.15) is 48.1 Å². The maximum Gasteiger partial charge on any atom is 0.301 e. The van der Waals surface area contributed by atoms with Crippen molar-refractivity contribution in [2.24, 2.45) is 0 Å². The molecule has 4 aromatic rings. The number of aryl methyl sites for hydroxylation is 1. The van der Waals surface area contributed by atoms with E-state index in [1.54, 1.807) is 18.2 Å². The van der Waals surface area contributed by atoms with Crippen LogP contribution < -0.4 is 9.64 Å². The number of Topliss-reactive ketones (excluding diaryl/α,β-unsaturated/α-hetero) is 1. The van der Waals surface area contributed by atoms with Crippen molar-refractivity contribution in [2.45, 2.75) is 42.8 Å². The van der Waals surface area contributed by atoms with Gasteiger partial charge in [0.05, 0.1) is 18.2 Å². The molecule has 1 atom stereocenters. The zero-order valence-electron chi connectivity index (χ0n) is 22.5. The van der Waals surface area contributed by atoms with Crippen molar-refractivity contribution in [2.75, 3.05) is 11.5 Å². The summed E-state index contributed by atoms with van der Waals surface area (Å²) in [6.07, 6.45) is 1.89. The van der Waals surface area contributed by atoms with Crippen LogP contribution in [0.15, 0.2) is 82.7 Å². The molecule has 210 valence electrons. The van der Waals surface area contributed by atoms with Gasteiger partial charge >= 0.3 is 5.91 Å².